The molecule has 0 spiro atoms. The van der Waals surface area contributed by atoms with Crippen LogP contribution in [0.15, 0.2) is 66.9 Å². The first-order valence-corrected chi connectivity index (χ1v) is 14.9. The summed E-state index contributed by atoms with van der Waals surface area (Å²) in [6.45, 7) is 1.79. The molecule has 1 unspecified atom stereocenters. The lowest BCUT2D eigenvalue weighted by Crippen LogP contribution is -2.42. The third kappa shape index (κ3) is 7.31. The van der Waals surface area contributed by atoms with Gasteiger partial charge in [0.05, 0.1) is 12.7 Å². The quantitative estimate of drug-likeness (QED) is 0.136. The van der Waals surface area contributed by atoms with Gasteiger partial charge in [0.2, 0.25) is 0 Å². The normalized spacial score (nSPS) is 13.8. The van der Waals surface area contributed by atoms with Crippen molar-refractivity contribution in [2.75, 3.05) is 25.1 Å². The van der Waals surface area contributed by atoms with E-state index in [2.05, 4.69) is 16.4 Å². The van der Waals surface area contributed by atoms with E-state index in [1.165, 1.54) is 30.8 Å². The summed E-state index contributed by atoms with van der Waals surface area (Å²) in [6.07, 6.45) is 1.16. The van der Waals surface area contributed by atoms with Crippen molar-refractivity contribution < 1.29 is 28.6 Å². The van der Waals surface area contributed by atoms with Crippen molar-refractivity contribution in [3.05, 3.63) is 94.9 Å². The molecule has 2 heterocycles. The van der Waals surface area contributed by atoms with Crippen molar-refractivity contribution in [3.63, 3.8) is 0 Å². The van der Waals surface area contributed by atoms with E-state index < -0.39 is 17.9 Å². The largest absolute Gasteiger partial charge is 0.504 e. The zero-order chi connectivity index (χ0) is 33.5. The number of rotatable bonds is 10. The first kappa shape index (κ1) is 32.8. The number of benzene rings is 3. The number of carbonyl (C=O) groups excluding carboxylic acids is 1. The fourth-order valence-electron chi connectivity index (χ4n) is 5.70. The van der Waals surface area contributed by atoms with Crippen molar-refractivity contribution in [2.24, 2.45) is 0 Å². The monoisotopic (exact) mass is 638 g/mol. The van der Waals surface area contributed by atoms with Crippen LogP contribution in [0.25, 0.3) is 22.3 Å². The number of hydroxylamine groups is 1. The number of hydrogen-bond donors (Lipinski definition) is 4. The van der Waals surface area contributed by atoms with Gasteiger partial charge >= 0.3 is 0 Å². The van der Waals surface area contributed by atoms with Gasteiger partial charge in [-0.3, -0.25) is 10.0 Å². The summed E-state index contributed by atoms with van der Waals surface area (Å²) in [5.74, 6) is -1.15. The van der Waals surface area contributed by atoms with Crippen molar-refractivity contribution in [3.8, 4) is 45.9 Å². The van der Waals surface area contributed by atoms with Gasteiger partial charge in [-0.05, 0) is 59.4 Å². The van der Waals surface area contributed by atoms with Crippen molar-refractivity contribution in [1.82, 2.24) is 15.8 Å². The van der Waals surface area contributed by atoms with E-state index >= 15 is 0 Å². The predicted molar refractivity (Wildman–Crippen MR) is 170 cm³/mol. The second kappa shape index (κ2) is 14.7. The Balaban J connectivity index is 1.34. The van der Waals surface area contributed by atoms with Gasteiger partial charge in [-0.15, -0.1) is 0 Å². The number of anilines is 1. The van der Waals surface area contributed by atoms with Gasteiger partial charge in [-0.1, -0.05) is 36.4 Å². The minimum Gasteiger partial charge on any atom is -0.504 e. The van der Waals surface area contributed by atoms with Crippen LogP contribution in [0.4, 0.5) is 14.6 Å². The Hall–Kier alpha value is -5.56. The lowest BCUT2D eigenvalue weighted by Gasteiger charge is -2.34. The molecule has 10 nitrogen and oxygen atoms in total. The van der Waals surface area contributed by atoms with E-state index in [4.69, 9.17) is 9.94 Å². The van der Waals surface area contributed by atoms with Crippen LogP contribution < -0.4 is 20.4 Å². The number of pyridine rings is 1. The highest BCUT2D eigenvalue weighted by Crippen LogP contribution is 2.41. The molecular formula is C35H32F2N6O4. The Kier molecular flexibility index (Phi) is 10.3. The summed E-state index contributed by atoms with van der Waals surface area (Å²) >= 11 is 0. The van der Waals surface area contributed by atoms with Gasteiger partial charge in [0.1, 0.15) is 29.3 Å². The Bertz CT molecular complexity index is 1850. The summed E-state index contributed by atoms with van der Waals surface area (Å²) in [4.78, 5) is 17.9. The number of phenolic OH excluding ortho intramolecular Hbond substituents is 1. The molecule has 1 aliphatic heterocycles. The highest BCUT2D eigenvalue weighted by Gasteiger charge is 2.26. The summed E-state index contributed by atoms with van der Waals surface area (Å²) in [7, 11) is 1.44. The molecule has 4 N–H and O–H groups in total. The lowest BCUT2D eigenvalue weighted by atomic mass is 9.91. The average molecular weight is 639 g/mol. The van der Waals surface area contributed by atoms with Gasteiger partial charge in [0.25, 0.3) is 5.91 Å². The number of nitrogens with one attached hydrogen (secondary N) is 2. The highest BCUT2D eigenvalue weighted by atomic mass is 19.1. The van der Waals surface area contributed by atoms with E-state index in [-0.39, 0.29) is 35.1 Å². The maximum Gasteiger partial charge on any atom is 0.278 e. The fourth-order valence-corrected chi connectivity index (χ4v) is 5.70. The minimum absolute atomic E-state index is 0.101. The summed E-state index contributed by atoms with van der Waals surface area (Å²) in [6, 6.07) is 20.5. The second-order valence-electron chi connectivity index (χ2n) is 11.2. The number of alkyl halides is 1. The number of aromatic nitrogens is 1. The smallest absolute Gasteiger partial charge is 0.278 e. The number of ether oxygens (including phenoxy) is 1. The van der Waals surface area contributed by atoms with Gasteiger partial charge in [0.15, 0.2) is 17.7 Å². The molecule has 1 aliphatic rings. The Morgan fingerprint density at radius 2 is 1.77 bits per heavy atom. The molecule has 240 valence electrons. The molecule has 0 radical (unpaired) electrons. The molecule has 12 heteroatoms. The molecule has 47 heavy (non-hydrogen) atoms. The number of carbonyl (C=O) groups is 1. The Labute approximate surface area is 270 Å². The van der Waals surface area contributed by atoms with E-state index in [1.807, 2.05) is 23.1 Å². The minimum atomic E-state index is -1.83. The number of nitrogens with zero attached hydrogens (tertiary/aromatic N) is 4. The average Bonchev–Trinajstić information content (AvgIpc) is 3.10. The SMILES string of the molecule is COc1ccc(-c2cnc(N3CCC(NCc4ccc(CC(F)C(=O)NO)cc4)CC3)c(C#N)c2-c2ccc(C#N)c(F)c2)cc1O. The highest BCUT2D eigenvalue weighted by molar-refractivity contribution is 5.90. The molecule has 1 saturated heterocycles. The first-order valence-electron chi connectivity index (χ1n) is 14.9. The van der Waals surface area contributed by atoms with Crippen LogP contribution in [0.2, 0.25) is 0 Å². The van der Waals surface area contributed by atoms with Crippen LogP contribution in [-0.4, -0.2) is 53.6 Å². The number of piperidine rings is 1. The van der Waals surface area contributed by atoms with E-state index in [0.29, 0.717) is 53.3 Å². The summed E-state index contributed by atoms with van der Waals surface area (Å²) < 4.78 is 33.8. The van der Waals surface area contributed by atoms with Crippen LogP contribution in [0, 0.1) is 28.5 Å². The molecule has 4 aromatic rings. The van der Waals surface area contributed by atoms with Crippen molar-refractivity contribution in [1.29, 1.82) is 10.5 Å². The number of methoxy groups -OCH3 is 1. The molecule has 3 aromatic carbocycles. The molecule has 5 rings (SSSR count). The van der Waals surface area contributed by atoms with E-state index in [1.54, 1.807) is 36.5 Å². The van der Waals surface area contributed by atoms with Gasteiger partial charge < -0.3 is 20.1 Å². The molecule has 1 aromatic heterocycles. The van der Waals surface area contributed by atoms with E-state index in [9.17, 15) is 29.2 Å². The number of aromatic hydroxyl groups is 1. The third-order valence-corrected chi connectivity index (χ3v) is 8.26. The molecule has 0 aliphatic carbocycles. The number of nitriles is 2. The molecule has 1 atom stereocenters. The predicted octanol–water partition coefficient (Wildman–Crippen LogP) is 5.16. The molecule has 0 saturated carbocycles. The van der Waals surface area contributed by atoms with Gasteiger partial charge in [-0.25, -0.2) is 19.2 Å². The number of hydrogen-bond acceptors (Lipinski definition) is 9. The standard InChI is InChI=1S/C35H32F2N6O4/c1-47-32-9-8-23(16-31(32)44)28-20-41-34(27(18-39)33(28)24-6-7-25(17-38)29(36)15-24)43-12-10-26(11-13-43)40-19-22-4-2-21(3-5-22)14-30(37)35(45)42-46/h2-9,15-16,20,26,30,40,44,46H,10-14,19H2,1H3,(H,42,45). The second-order valence-corrected chi connectivity index (χ2v) is 11.2. The molecule has 1 fully saturated rings. The Morgan fingerprint density at radius 3 is 2.38 bits per heavy atom. The van der Waals surface area contributed by atoms with Gasteiger partial charge in [-0.2, -0.15) is 10.5 Å². The zero-order valence-electron chi connectivity index (χ0n) is 25.5. The van der Waals surface area contributed by atoms with Crippen molar-refractivity contribution in [2.45, 2.75) is 38.0 Å². The summed E-state index contributed by atoms with van der Waals surface area (Å²) in [5, 5.41) is 42.3. The van der Waals surface area contributed by atoms with Crippen molar-refractivity contribution >= 4 is 11.7 Å². The van der Waals surface area contributed by atoms with E-state index in [0.717, 1.165) is 18.4 Å². The first-order chi connectivity index (χ1) is 22.8. The van der Waals surface area contributed by atoms with Crippen LogP contribution >= 0.6 is 0 Å². The maximum atomic E-state index is 14.8. The molecule has 0 bridgehead atoms. The third-order valence-electron chi connectivity index (χ3n) is 8.26. The fraction of sp³-hybridized carbons (Fsp3) is 0.257. The number of amides is 1. The molecular weight excluding hydrogens is 606 g/mol. The molecule has 1 amide bonds. The van der Waals surface area contributed by atoms with Crippen LogP contribution in [0.5, 0.6) is 11.5 Å². The topological polar surface area (TPSA) is 155 Å². The zero-order valence-corrected chi connectivity index (χ0v) is 25.5. The van der Waals surface area contributed by atoms with Crippen LogP contribution in [0.3, 0.4) is 0 Å². The van der Waals surface area contributed by atoms with Crippen LogP contribution in [-0.2, 0) is 17.8 Å². The van der Waals surface area contributed by atoms with Gasteiger partial charge in [0, 0.05) is 49.4 Å². The lowest BCUT2D eigenvalue weighted by molar-refractivity contribution is -0.134. The van der Waals surface area contributed by atoms with Crippen LogP contribution in [0.1, 0.15) is 35.1 Å². The Morgan fingerprint density at radius 1 is 1.06 bits per heavy atom. The number of halogens is 2. The summed E-state index contributed by atoms with van der Waals surface area (Å²) in [5.41, 5.74) is 4.97. The number of phenols is 1. The maximum absolute atomic E-state index is 14.8.